The Kier molecular flexibility index (Phi) is 15.8. The van der Waals surface area contributed by atoms with E-state index in [-0.39, 0.29) is 0 Å². The molecule has 0 aliphatic rings. The quantitative estimate of drug-likeness (QED) is 0.0829. The summed E-state index contributed by atoms with van der Waals surface area (Å²) in [6.07, 6.45) is 7.36. The van der Waals surface area contributed by atoms with E-state index in [9.17, 15) is 0 Å². The van der Waals surface area contributed by atoms with Gasteiger partial charge in [0, 0.05) is 90.1 Å². The predicted molar refractivity (Wildman–Crippen MR) is 343 cm³/mol. The molecule has 0 aliphatic heterocycles. The highest BCUT2D eigenvalue weighted by atomic mass is 32.2. The lowest BCUT2D eigenvalue weighted by atomic mass is 9.98. The molecule has 8 nitrogen and oxygen atoms in total. The molecule has 84 heavy (non-hydrogen) atoms. The average Bonchev–Trinajstić information content (AvgIpc) is 2.78. The third-order valence-corrected chi connectivity index (χ3v) is 15.7. The van der Waals surface area contributed by atoms with Gasteiger partial charge in [-0.25, -0.2) is 0 Å². The summed E-state index contributed by atoms with van der Waals surface area (Å²) >= 11 is 3.35. The van der Waals surface area contributed by atoms with Gasteiger partial charge in [-0.05, 0) is 140 Å². The van der Waals surface area contributed by atoms with Crippen molar-refractivity contribution in [1.82, 2.24) is 19.9 Å². The summed E-state index contributed by atoms with van der Waals surface area (Å²) in [5.74, 6) is 2.83. The number of ether oxygens (including phenoxy) is 2. The molecule has 0 fully saturated rings. The first-order chi connectivity index (χ1) is 41.6. The Morgan fingerprint density at radius 3 is 0.893 bits per heavy atom. The molecule has 13 aromatic rings. The van der Waals surface area contributed by atoms with Crippen LogP contribution < -0.4 is 19.3 Å². The molecule has 0 N–H and O–H groups in total. The number of anilines is 6. The van der Waals surface area contributed by atoms with Crippen LogP contribution in [0.15, 0.2) is 336 Å². The van der Waals surface area contributed by atoms with Crippen molar-refractivity contribution in [3.63, 3.8) is 0 Å². The Balaban J connectivity index is 0.927. The summed E-state index contributed by atoms with van der Waals surface area (Å²) in [5, 5.41) is 0. The molecule has 4 aromatic heterocycles. The van der Waals surface area contributed by atoms with Crippen LogP contribution in [0, 0.1) is 0 Å². The first-order valence-corrected chi connectivity index (χ1v) is 29.1. The van der Waals surface area contributed by atoms with Gasteiger partial charge in [0.25, 0.3) is 0 Å². The number of nitrogens with zero attached hydrogens (tertiary/aromatic N) is 6. The molecule has 0 radical (unpaired) electrons. The highest BCUT2D eigenvalue weighted by Gasteiger charge is 2.26. The van der Waals surface area contributed by atoms with E-state index in [1.807, 2.05) is 146 Å². The van der Waals surface area contributed by atoms with Gasteiger partial charge in [-0.3, -0.25) is 19.9 Å². The van der Waals surface area contributed by atoms with E-state index in [1.54, 1.807) is 23.5 Å². The lowest BCUT2D eigenvalue weighted by Crippen LogP contribution is -2.13. The number of rotatable bonds is 18. The Labute approximate surface area is 497 Å². The van der Waals surface area contributed by atoms with Gasteiger partial charge in [0.1, 0.15) is 23.0 Å². The fourth-order valence-electron chi connectivity index (χ4n) is 10.2. The van der Waals surface area contributed by atoms with Crippen molar-refractivity contribution < 1.29 is 9.47 Å². The molecule has 0 amide bonds. The Morgan fingerprint density at radius 1 is 0.238 bits per heavy atom. The van der Waals surface area contributed by atoms with Gasteiger partial charge < -0.3 is 19.3 Å². The lowest BCUT2D eigenvalue weighted by Gasteiger charge is -2.30. The number of pyridine rings is 4. The number of aromatic nitrogens is 4. The number of para-hydroxylation sites is 6. The van der Waals surface area contributed by atoms with E-state index >= 15 is 0 Å². The van der Waals surface area contributed by atoms with Gasteiger partial charge in [0.2, 0.25) is 0 Å². The number of benzene rings is 9. The highest BCUT2D eigenvalue weighted by Crippen LogP contribution is 2.51. The highest BCUT2D eigenvalue weighted by molar-refractivity contribution is 8.00. The van der Waals surface area contributed by atoms with E-state index < -0.39 is 0 Å². The summed E-state index contributed by atoms with van der Waals surface area (Å²) in [6, 6.07) is 99.2. The smallest absolute Gasteiger partial charge is 0.130 e. The Morgan fingerprint density at radius 2 is 0.560 bits per heavy atom. The van der Waals surface area contributed by atoms with Crippen LogP contribution in [0.1, 0.15) is 0 Å². The maximum atomic E-state index is 6.77. The van der Waals surface area contributed by atoms with E-state index in [1.165, 1.54) is 0 Å². The molecule has 9 aromatic carbocycles. The average molecular weight is 1120 g/mol. The molecule has 0 saturated heterocycles. The topological polar surface area (TPSA) is 76.5 Å². The SMILES string of the molecule is c1ccc(Oc2cc(Sc3cccc(Sc4cc(Oc5ccccc5)cc(N(c5ccccc5)c5c(-c6ccccn6)cccc5-c5ccccn5)c4)c3)cc(N(c3ccccc3)c3c(-c4ccccn4)cccc3-c3ccccn3)c2)cc1. The second-order valence-corrected chi connectivity index (χ2v) is 21.7. The Bertz CT molecular complexity index is 3920. The Hall–Kier alpha value is -10.5. The van der Waals surface area contributed by atoms with Crippen molar-refractivity contribution in [3.05, 3.63) is 316 Å². The van der Waals surface area contributed by atoms with Crippen molar-refractivity contribution in [2.24, 2.45) is 0 Å². The van der Waals surface area contributed by atoms with Gasteiger partial charge in [-0.15, -0.1) is 0 Å². The van der Waals surface area contributed by atoms with Gasteiger partial charge in [-0.1, -0.05) is 163 Å². The first kappa shape index (κ1) is 52.8. The normalized spacial score (nSPS) is 11.0. The van der Waals surface area contributed by atoms with Crippen LogP contribution >= 0.6 is 23.5 Å². The fraction of sp³-hybridized carbons (Fsp3) is 0. The van der Waals surface area contributed by atoms with Crippen molar-refractivity contribution in [1.29, 1.82) is 0 Å². The van der Waals surface area contributed by atoms with Crippen molar-refractivity contribution >= 4 is 57.6 Å². The molecule has 0 atom stereocenters. The molecule has 0 bridgehead atoms. The minimum atomic E-state index is 0.684. The van der Waals surface area contributed by atoms with E-state index in [0.29, 0.717) is 11.5 Å². The van der Waals surface area contributed by atoms with Crippen molar-refractivity contribution in [2.45, 2.75) is 19.6 Å². The van der Waals surface area contributed by atoms with Crippen molar-refractivity contribution in [2.75, 3.05) is 9.80 Å². The van der Waals surface area contributed by atoms with Crippen LogP contribution in [-0.4, -0.2) is 19.9 Å². The maximum absolute atomic E-state index is 6.77. The summed E-state index contributed by atoms with van der Waals surface area (Å²) < 4.78 is 13.5. The minimum absolute atomic E-state index is 0.684. The number of hydrogen-bond acceptors (Lipinski definition) is 10. The van der Waals surface area contributed by atoms with Crippen LogP contribution in [0.3, 0.4) is 0 Å². The molecular formula is C74H52N6O2S2. The standard InChI is InChI=1S/C74H52N6O2S2/c1-5-24-53(25-6-1)79(73-65(69-38-13-17-42-75-69)34-22-35-66(73)70-39-14-18-43-76-70)55-46-59(81-57-28-9-3-10-29-57)50-63(48-55)83-61-32-21-33-62(52-61)84-64-49-56(47-60(51-64)82-58-30-11-4-12-31-58)80(54-26-7-2-8-27-54)74-67(71-40-15-19-44-77-71)36-23-37-68(74)72-41-16-20-45-78-72/h1-52H. The maximum Gasteiger partial charge on any atom is 0.130 e. The van der Waals surface area contributed by atoms with Crippen LogP contribution in [-0.2, 0) is 0 Å². The molecule has 4 heterocycles. The molecule has 0 spiro atoms. The molecule has 10 heteroatoms. The molecule has 0 saturated carbocycles. The van der Waals surface area contributed by atoms with E-state index in [0.717, 1.165) is 110 Å². The summed E-state index contributed by atoms with van der Waals surface area (Å²) in [4.78, 5) is 28.3. The van der Waals surface area contributed by atoms with Crippen LogP contribution in [0.25, 0.3) is 45.0 Å². The zero-order chi connectivity index (χ0) is 56.3. The summed E-state index contributed by atoms with van der Waals surface area (Å²) in [5.41, 5.74) is 12.8. The lowest BCUT2D eigenvalue weighted by molar-refractivity contribution is 0.481. The summed E-state index contributed by atoms with van der Waals surface area (Å²) in [7, 11) is 0. The molecular weight excluding hydrogens is 1070 g/mol. The second-order valence-electron chi connectivity index (χ2n) is 19.4. The minimum Gasteiger partial charge on any atom is -0.457 e. The van der Waals surface area contributed by atoms with Gasteiger partial charge in [-0.2, -0.15) is 0 Å². The fourth-order valence-corrected chi connectivity index (χ4v) is 12.2. The van der Waals surface area contributed by atoms with Crippen LogP contribution in [0.5, 0.6) is 23.0 Å². The zero-order valence-corrected chi connectivity index (χ0v) is 47.0. The molecule has 0 unspecified atom stereocenters. The molecule has 402 valence electrons. The second kappa shape index (κ2) is 25.1. The summed E-state index contributed by atoms with van der Waals surface area (Å²) in [6.45, 7) is 0. The third kappa shape index (κ3) is 12.1. The van der Waals surface area contributed by atoms with E-state index in [2.05, 4.69) is 180 Å². The van der Waals surface area contributed by atoms with Crippen molar-refractivity contribution in [3.8, 4) is 68.0 Å². The molecule has 0 aliphatic carbocycles. The van der Waals surface area contributed by atoms with Crippen LogP contribution in [0.2, 0.25) is 0 Å². The number of hydrogen-bond donors (Lipinski definition) is 0. The van der Waals surface area contributed by atoms with E-state index in [4.69, 9.17) is 29.4 Å². The first-order valence-electron chi connectivity index (χ1n) is 27.5. The predicted octanol–water partition coefficient (Wildman–Crippen LogP) is 20.8. The largest absolute Gasteiger partial charge is 0.457 e. The molecule has 13 rings (SSSR count). The third-order valence-electron chi connectivity index (χ3n) is 13.8. The van der Waals surface area contributed by atoms with Crippen LogP contribution in [0.4, 0.5) is 34.1 Å². The van der Waals surface area contributed by atoms with Gasteiger partial charge >= 0.3 is 0 Å². The van der Waals surface area contributed by atoms with Gasteiger partial charge in [0.15, 0.2) is 0 Å². The monoisotopic (exact) mass is 1120 g/mol. The van der Waals surface area contributed by atoms with Gasteiger partial charge in [0.05, 0.1) is 45.5 Å². The zero-order valence-electron chi connectivity index (χ0n) is 45.3.